The largest absolute Gasteiger partial charge is 0.440 e. The first-order chi connectivity index (χ1) is 9.81. The van der Waals surface area contributed by atoms with E-state index in [9.17, 15) is 4.79 Å². The van der Waals surface area contributed by atoms with Crippen molar-refractivity contribution in [3.8, 4) is 0 Å². The number of rotatable bonds is 3. The molecule has 0 spiro atoms. The van der Waals surface area contributed by atoms with Crippen LogP contribution in [0.5, 0.6) is 0 Å². The molecule has 1 aromatic carbocycles. The van der Waals surface area contributed by atoms with Crippen molar-refractivity contribution < 1.29 is 9.21 Å². The van der Waals surface area contributed by atoms with Gasteiger partial charge in [0.15, 0.2) is 17.3 Å². The Bertz CT molecular complexity index is 648. The highest BCUT2D eigenvalue weighted by Gasteiger charge is 2.30. The van der Waals surface area contributed by atoms with Crippen LogP contribution in [-0.4, -0.2) is 10.8 Å². The number of carbonyl (C=O) groups is 1. The van der Waals surface area contributed by atoms with E-state index in [0.717, 1.165) is 35.4 Å². The van der Waals surface area contributed by atoms with Crippen molar-refractivity contribution in [3.63, 3.8) is 0 Å². The molecule has 2 saturated carbocycles. The number of ketones is 1. The Morgan fingerprint density at radius 1 is 1.10 bits per heavy atom. The highest BCUT2D eigenvalue weighted by molar-refractivity contribution is 6.01. The van der Waals surface area contributed by atoms with Crippen LogP contribution < -0.4 is 0 Å². The fourth-order valence-electron chi connectivity index (χ4n) is 3.20. The summed E-state index contributed by atoms with van der Waals surface area (Å²) in [5, 5.41) is 0. The molecule has 1 heterocycles. The molecule has 2 aliphatic carbocycles. The molecule has 0 N–H and O–H groups in total. The van der Waals surface area contributed by atoms with E-state index in [1.807, 2.05) is 18.2 Å². The molecule has 0 atom stereocenters. The van der Waals surface area contributed by atoms with Crippen LogP contribution in [0.2, 0.25) is 0 Å². The van der Waals surface area contributed by atoms with Crippen LogP contribution in [0.15, 0.2) is 22.6 Å². The molecule has 0 aliphatic heterocycles. The fraction of sp³-hybridized carbons (Fsp3) is 0.529. The van der Waals surface area contributed by atoms with Crippen LogP contribution in [0.25, 0.3) is 11.1 Å². The zero-order chi connectivity index (χ0) is 13.5. The van der Waals surface area contributed by atoms with Gasteiger partial charge >= 0.3 is 0 Å². The summed E-state index contributed by atoms with van der Waals surface area (Å²) in [6.07, 6.45) is 8.33. The zero-order valence-corrected chi connectivity index (χ0v) is 11.6. The zero-order valence-electron chi connectivity index (χ0n) is 11.6. The number of oxazole rings is 1. The second kappa shape index (κ2) is 4.72. The lowest BCUT2D eigenvalue weighted by molar-refractivity contribution is 0.0968. The summed E-state index contributed by atoms with van der Waals surface area (Å²) >= 11 is 0. The van der Waals surface area contributed by atoms with E-state index < -0.39 is 0 Å². The van der Waals surface area contributed by atoms with E-state index in [-0.39, 0.29) is 11.7 Å². The third kappa shape index (κ3) is 2.15. The van der Waals surface area contributed by atoms with Gasteiger partial charge < -0.3 is 4.42 Å². The SMILES string of the molecule is O=C(c1ccc2oc(C3CCCCC3)nc2c1)C1CC1. The van der Waals surface area contributed by atoms with Gasteiger partial charge in [-0.1, -0.05) is 19.3 Å². The van der Waals surface area contributed by atoms with Crippen LogP contribution in [-0.2, 0) is 0 Å². The van der Waals surface area contributed by atoms with Crippen molar-refractivity contribution >= 4 is 16.9 Å². The van der Waals surface area contributed by atoms with Crippen molar-refractivity contribution in [2.75, 3.05) is 0 Å². The van der Waals surface area contributed by atoms with E-state index in [4.69, 9.17) is 4.42 Å². The van der Waals surface area contributed by atoms with Gasteiger partial charge in [0.25, 0.3) is 0 Å². The number of benzene rings is 1. The standard InChI is InChI=1S/C17H19NO2/c19-16(11-6-7-11)13-8-9-15-14(10-13)18-17(20-15)12-4-2-1-3-5-12/h8-12H,1-7H2. The lowest BCUT2D eigenvalue weighted by Crippen LogP contribution is -2.04. The Morgan fingerprint density at radius 3 is 2.65 bits per heavy atom. The minimum absolute atomic E-state index is 0.261. The van der Waals surface area contributed by atoms with Crippen LogP contribution >= 0.6 is 0 Å². The van der Waals surface area contributed by atoms with Gasteiger partial charge in [-0.25, -0.2) is 4.98 Å². The van der Waals surface area contributed by atoms with Crippen LogP contribution in [0, 0.1) is 5.92 Å². The second-order valence-electron chi connectivity index (χ2n) is 6.21. The van der Waals surface area contributed by atoms with Gasteiger partial charge in [0.05, 0.1) is 0 Å². The summed E-state index contributed by atoms with van der Waals surface area (Å²) in [6, 6.07) is 5.70. The Labute approximate surface area is 118 Å². The van der Waals surface area contributed by atoms with E-state index >= 15 is 0 Å². The quantitative estimate of drug-likeness (QED) is 0.772. The molecule has 1 aromatic heterocycles. The predicted octanol–water partition coefficient (Wildman–Crippen LogP) is 4.47. The van der Waals surface area contributed by atoms with Gasteiger partial charge in [0.2, 0.25) is 0 Å². The number of hydrogen-bond donors (Lipinski definition) is 0. The normalized spacial score (nSPS) is 20.4. The molecule has 104 valence electrons. The molecule has 2 aliphatic rings. The molecule has 0 saturated heterocycles. The van der Waals surface area contributed by atoms with Crippen molar-refractivity contribution in [1.29, 1.82) is 0 Å². The number of Topliss-reactive ketones (excluding diaryl/α,β-unsaturated/α-hetero) is 1. The summed E-state index contributed by atoms with van der Waals surface area (Å²) in [5.41, 5.74) is 2.46. The van der Waals surface area contributed by atoms with Crippen LogP contribution in [0.3, 0.4) is 0 Å². The van der Waals surface area contributed by atoms with Gasteiger partial charge in [-0.15, -0.1) is 0 Å². The first-order valence-corrected chi connectivity index (χ1v) is 7.76. The fourth-order valence-corrected chi connectivity index (χ4v) is 3.20. The second-order valence-corrected chi connectivity index (χ2v) is 6.21. The van der Waals surface area contributed by atoms with E-state index in [0.29, 0.717) is 5.92 Å². The van der Waals surface area contributed by atoms with Crippen molar-refractivity contribution in [2.24, 2.45) is 5.92 Å². The van der Waals surface area contributed by atoms with Gasteiger partial charge in [-0.05, 0) is 43.9 Å². The summed E-state index contributed by atoms with van der Waals surface area (Å²) in [4.78, 5) is 16.7. The third-order valence-corrected chi connectivity index (χ3v) is 4.59. The highest BCUT2D eigenvalue weighted by Crippen LogP contribution is 2.35. The van der Waals surface area contributed by atoms with Gasteiger partial charge in [-0.2, -0.15) is 0 Å². The number of aromatic nitrogens is 1. The number of carbonyl (C=O) groups excluding carboxylic acids is 1. The third-order valence-electron chi connectivity index (χ3n) is 4.59. The maximum Gasteiger partial charge on any atom is 0.198 e. The molecule has 2 aromatic rings. The molecule has 0 amide bonds. The Kier molecular flexibility index (Phi) is 2.86. The molecule has 2 fully saturated rings. The molecule has 0 bridgehead atoms. The first kappa shape index (κ1) is 12.1. The molecule has 3 nitrogen and oxygen atoms in total. The van der Waals surface area contributed by atoms with E-state index in [1.165, 1.54) is 32.1 Å². The van der Waals surface area contributed by atoms with Gasteiger partial charge in [0, 0.05) is 17.4 Å². The Hall–Kier alpha value is -1.64. The van der Waals surface area contributed by atoms with E-state index in [1.54, 1.807) is 0 Å². The molecule has 0 unspecified atom stereocenters. The molecule has 0 radical (unpaired) electrons. The minimum Gasteiger partial charge on any atom is -0.440 e. The Morgan fingerprint density at radius 2 is 1.90 bits per heavy atom. The summed E-state index contributed by atoms with van der Waals surface area (Å²) in [7, 11) is 0. The lowest BCUT2D eigenvalue weighted by atomic mass is 9.89. The lowest BCUT2D eigenvalue weighted by Gasteiger charge is -2.17. The van der Waals surface area contributed by atoms with E-state index in [2.05, 4.69) is 4.98 Å². The summed E-state index contributed by atoms with van der Waals surface area (Å²) in [6.45, 7) is 0. The maximum absolute atomic E-state index is 12.1. The van der Waals surface area contributed by atoms with Crippen LogP contribution in [0.4, 0.5) is 0 Å². The molecular formula is C17H19NO2. The molecule has 20 heavy (non-hydrogen) atoms. The molecule has 4 rings (SSSR count). The van der Waals surface area contributed by atoms with Crippen molar-refractivity contribution in [2.45, 2.75) is 50.9 Å². The maximum atomic E-state index is 12.1. The summed E-state index contributed by atoms with van der Waals surface area (Å²) < 4.78 is 5.90. The predicted molar refractivity (Wildman–Crippen MR) is 76.9 cm³/mol. The number of fused-ring (bicyclic) bond motifs is 1. The molecule has 3 heteroatoms. The van der Waals surface area contributed by atoms with Gasteiger partial charge in [0.1, 0.15) is 5.52 Å². The monoisotopic (exact) mass is 269 g/mol. The average Bonchev–Trinajstić information content (AvgIpc) is 3.25. The first-order valence-electron chi connectivity index (χ1n) is 7.76. The van der Waals surface area contributed by atoms with Crippen molar-refractivity contribution in [3.05, 3.63) is 29.7 Å². The molecular weight excluding hydrogens is 250 g/mol. The smallest absolute Gasteiger partial charge is 0.198 e. The highest BCUT2D eigenvalue weighted by atomic mass is 16.3. The number of nitrogens with zero attached hydrogens (tertiary/aromatic N) is 1. The summed E-state index contributed by atoms with van der Waals surface area (Å²) in [5.74, 6) is 1.88. The average molecular weight is 269 g/mol. The topological polar surface area (TPSA) is 43.1 Å². The minimum atomic E-state index is 0.261. The van der Waals surface area contributed by atoms with Gasteiger partial charge in [-0.3, -0.25) is 4.79 Å². The van der Waals surface area contributed by atoms with Crippen molar-refractivity contribution in [1.82, 2.24) is 4.98 Å². The number of hydrogen-bond acceptors (Lipinski definition) is 3. The Balaban J connectivity index is 1.66. The van der Waals surface area contributed by atoms with Crippen LogP contribution in [0.1, 0.15) is 67.1 Å².